The lowest BCUT2D eigenvalue weighted by molar-refractivity contribution is 0.0988. The number of carbonyl (C=O) groups is 1. The molecule has 82 valence electrons. The van der Waals surface area contributed by atoms with Gasteiger partial charge in [0.25, 0.3) is 0 Å². The van der Waals surface area contributed by atoms with Gasteiger partial charge in [0.15, 0.2) is 5.78 Å². The highest BCUT2D eigenvalue weighted by atomic mass is 32.1. The molecule has 2 aromatic rings. The summed E-state index contributed by atoms with van der Waals surface area (Å²) in [6.07, 6.45) is 0.511. The minimum atomic E-state index is 0.128. The molecule has 0 aliphatic heterocycles. The second-order valence-electron chi connectivity index (χ2n) is 3.59. The topological polar surface area (TPSA) is 43.1 Å². The summed E-state index contributed by atoms with van der Waals surface area (Å²) in [7, 11) is 0. The Kier molecular flexibility index (Phi) is 3.06. The monoisotopic (exact) mass is 231 g/mol. The molecule has 0 bridgehead atoms. The van der Waals surface area contributed by atoms with Gasteiger partial charge in [0, 0.05) is 23.2 Å². The zero-order valence-corrected chi connectivity index (χ0v) is 9.88. The maximum atomic E-state index is 11.5. The molecule has 1 aromatic carbocycles. The van der Waals surface area contributed by atoms with Gasteiger partial charge in [-0.15, -0.1) is 0 Å². The van der Waals surface area contributed by atoms with Gasteiger partial charge in [-0.1, -0.05) is 19.1 Å². The molecule has 0 unspecified atom stereocenters. The van der Waals surface area contributed by atoms with Crippen molar-refractivity contribution in [3.05, 3.63) is 40.6 Å². The Morgan fingerprint density at radius 1 is 1.38 bits per heavy atom. The van der Waals surface area contributed by atoms with Crippen LogP contribution < -0.4 is 5.73 Å². The molecule has 2 N–H and O–H groups in total. The normalized spacial score (nSPS) is 10.3. The number of thiophene rings is 1. The van der Waals surface area contributed by atoms with Crippen molar-refractivity contribution in [3.63, 3.8) is 0 Å². The van der Waals surface area contributed by atoms with Crippen LogP contribution in [0.15, 0.2) is 35.0 Å². The molecule has 0 aliphatic carbocycles. The van der Waals surface area contributed by atoms with E-state index in [1.807, 2.05) is 35.9 Å². The first kappa shape index (κ1) is 10.9. The van der Waals surface area contributed by atoms with Crippen molar-refractivity contribution >= 4 is 22.8 Å². The third-order valence-corrected chi connectivity index (χ3v) is 3.21. The quantitative estimate of drug-likeness (QED) is 0.648. The fourth-order valence-corrected chi connectivity index (χ4v) is 2.28. The van der Waals surface area contributed by atoms with Crippen LogP contribution in [-0.2, 0) is 0 Å². The van der Waals surface area contributed by atoms with E-state index in [1.54, 1.807) is 17.4 Å². The number of benzene rings is 1. The van der Waals surface area contributed by atoms with E-state index >= 15 is 0 Å². The molecule has 0 spiro atoms. The van der Waals surface area contributed by atoms with Gasteiger partial charge in [0.1, 0.15) is 0 Å². The maximum Gasteiger partial charge on any atom is 0.162 e. The van der Waals surface area contributed by atoms with Gasteiger partial charge in [-0.25, -0.2) is 0 Å². The van der Waals surface area contributed by atoms with E-state index in [0.29, 0.717) is 17.7 Å². The Morgan fingerprint density at radius 2 is 2.19 bits per heavy atom. The summed E-state index contributed by atoms with van der Waals surface area (Å²) in [5.41, 5.74) is 9.42. The van der Waals surface area contributed by atoms with Crippen molar-refractivity contribution in [1.29, 1.82) is 0 Å². The summed E-state index contributed by atoms with van der Waals surface area (Å²) in [5, 5.41) is 4.06. The Hall–Kier alpha value is -1.61. The summed E-state index contributed by atoms with van der Waals surface area (Å²) < 4.78 is 0. The fraction of sp³-hybridized carbons (Fsp3) is 0.154. The Balaban J connectivity index is 2.41. The van der Waals surface area contributed by atoms with E-state index in [4.69, 9.17) is 5.73 Å². The van der Waals surface area contributed by atoms with Crippen LogP contribution in [0.25, 0.3) is 11.1 Å². The van der Waals surface area contributed by atoms with E-state index in [9.17, 15) is 4.79 Å². The number of hydrogen-bond acceptors (Lipinski definition) is 3. The van der Waals surface area contributed by atoms with Crippen LogP contribution in [0.3, 0.4) is 0 Å². The van der Waals surface area contributed by atoms with Gasteiger partial charge in [-0.2, -0.15) is 11.3 Å². The van der Waals surface area contributed by atoms with E-state index in [1.165, 1.54) is 0 Å². The number of rotatable bonds is 3. The molecule has 2 rings (SSSR count). The molecule has 2 nitrogen and oxygen atoms in total. The molecule has 16 heavy (non-hydrogen) atoms. The SMILES string of the molecule is CCC(=O)c1ccc(-c2ccsc2)c(N)c1. The zero-order valence-electron chi connectivity index (χ0n) is 9.07. The number of Topliss-reactive ketones (excluding diaryl/α,β-unsaturated/α-hetero) is 1. The standard InChI is InChI=1S/C13H13NOS/c1-2-13(15)9-3-4-11(12(14)7-9)10-5-6-16-8-10/h3-8H,2,14H2,1H3. The van der Waals surface area contributed by atoms with Crippen molar-refractivity contribution in [2.75, 3.05) is 5.73 Å². The number of hydrogen-bond donors (Lipinski definition) is 1. The van der Waals surface area contributed by atoms with Gasteiger partial charge in [-0.3, -0.25) is 4.79 Å². The lowest BCUT2D eigenvalue weighted by atomic mass is 10.0. The number of anilines is 1. The average Bonchev–Trinajstić information content (AvgIpc) is 2.81. The van der Waals surface area contributed by atoms with E-state index in [0.717, 1.165) is 11.1 Å². The van der Waals surface area contributed by atoms with Crippen LogP contribution in [0.5, 0.6) is 0 Å². The first-order valence-electron chi connectivity index (χ1n) is 5.17. The predicted octanol–water partition coefficient (Wildman–Crippen LogP) is 3.59. The van der Waals surface area contributed by atoms with E-state index in [-0.39, 0.29) is 5.78 Å². The summed E-state index contributed by atoms with van der Waals surface area (Å²) in [6.45, 7) is 1.85. The second kappa shape index (κ2) is 4.49. The number of nitrogens with two attached hydrogens (primary N) is 1. The van der Waals surface area contributed by atoms with Crippen LogP contribution >= 0.6 is 11.3 Å². The van der Waals surface area contributed by atoms with Crippen molar-refractivity contribution in [2.24, 2.45) is 0 Å². The third kappa shape index (κ3) is 1.99. The second-order valence-corrected chi connectivity index (χ2v) is 4.37. The van der Waals surface area contributed by atoms with Crippen LogP contribution in [0.1, 0.15) is 23.7 Å². The average molecular weight is 231 g/mol. The van der Waals surface area contributed by atoms with Crippen LogP contribution in [0.4, 0.5) is 5.69 Å². The van der Waals surface area contributed by atoms with Gasteiger partial charge >= 0.3 is 0 Å². The summed E-state index contributed by atoms with van der Waals surface area (Å²) in [6, 6.07) is 7.55. The van der Waals surface area contributed by atoms with Crippen molar-refractivity contribution in [1.82, 2.24) is 0 Å². The predicted molar refractivity (Wildman–Crippen MR) is 68.8 cm³/mol. The third-order valence-electron chi connectivity index (χ3n) is 2.53. The van der Waals surface area contributed by atoms with E-state index in [2.05, 4.69) is 0 Å². The lowest BCUT2D eigenvalue weighted by Crippen LogP contribution is -1.99. The summed E-state index contributed by atoms with van der Waals surface area (Å²) >= 11 is 1.64. The molecule has 1 heterocycles. The Morgan fingerprint density at radius 3 is 2.75 bits per heavy atom. The van der Waals surface area contributed by atoms with E-state index < -0.39 is 0 Å². The first-order valence-corrected chi connectivity index (χ1v) is 6.12. The van der Waals surface area contributed by atoms with Gasteiger partial charge in [0.05, 0.1) is 0 Å². The summed E-state index contributed by atoms with van der Waals surface area (Å²) in [5.74, 6) is 0.128. The van der Waals surface area contributed by atoms with Crippen molar-refractivity contribution in [2.45, 2.75) is 13.3 Å². The molecule has 0 saturated carbocycles. The molecule has 3 heteroatoms. The molecule has 0 atom stereocenters. The van der Waals surface area contributed by atoms with Crippen LogP contribution in [-0.4, -0.2) is 5.78 Å². The Bertz CT molecular complexity index is 503. The van der Waals surface area contributed by atoms with Crippen LogP contribution in [0.2, 0.25) is 0 Å². The molecule has 1 aromatic heterocycles. The highest BCUT2D eigenvalue weighted by Crippen LogP contribution is 2.28. The number of carbonyl (C=O) groups excluding carboxylic acids is 1. The molecule has 0 aliphatic rings. The molecule has 0 saturated heterocycles. The Labute approximate surface area is 98.7 Å². The summed E-state index contributed by atoms with van der Waals surface area (Å²) in [4.78, 5) is 11.5. The van der Waals surface area contributed by atoms with Gasteiger partial charge in [-0.05, 0) is 28.5 Å². The first-order chi connectivity index (χ1) is 7.72. The molecular weight excluding hydrogens is 218 g/mol. The minimum absolute atomic E-state index is 0.128. The number of ketones is 1. The smallest absolute Gasteiger partial charge is 0.162 e. The lowest BCUT2D eigenvalue weighted by Gasteiger charge is -2.05. The van der Waals surface area contributed by atoms with Crippen LogP contribution in [0, 0.1) is 0 Å². The molecule has 0 fully saturated rings. The van der Waals surface area contributed by atoms with Gasteiger partial charge in [0.2, 0.25) is 0 Å². The largest absolute Gasteiger partial charge is 0.398 e. The number of nitrogen functional groups attached to an aromatic ring is 1. The van der Waals surface area contributed by atoms with Crippen molar-refractivity contribution in [3.8, 4) is 11.1 Å². The fourth-order valence-electron chi connectivity index (χ4n) is 1.62. The molecular formula is C13H13NOS. The molecule has 0 radical (unpaired) electrons. The highest BCUT2D eigenvalue weighted by Gasteiger charge is 2.07. The maximum absolute atomic E-state index is 11.5. The van der Waals surface area contributed by atoms with Gasteiger partial charge < -0.3 is 5.73 Å². The highest BCUT2D eigenvalue weighted by molar-refractivity contribution is 7.08. The zero-order chi connectivity index (χ0) is 11.5. The van der Waals surface area contributed by atoms with Crippen molar-refractivity contribution < 1.29 is 4.79 Å². The molecule has 0 amide bonds. The minimum Gasteiger partial charge on any atom is -0.398 e.